The number of hydrogen-bond acceptors (Lipinski definition) is 8. The van der Waals surface area contributed by atoms with Crippen molar-refractivity contribution in [3.05, 3.63) is 0 Å². The third-order valence-corrected chi connectivity index (χ3v) is 3.01. The highest BCUT2D eigenvalue weighted by Crippen LogP contribution is 2.10. The van der Waals surface area contributed by atoms with Crippen molar-refractivity contribution < 1.29 is 9.47 Å². The molecule has 3 N–H and O–H groups in total. The summed E-state index contributed by atoms with van der Waals surface area (Å²) in [4.78, 5) is 14.6. The Morgan fingerprint density at radius 3 is 2.76 bits per heavy atom. The number of ether oxygens (including phenoxy) is 2. The standard InChI is InChI=1S/C13H24N6O2/c1-10(2)21-13-17-11(14)16-12(18-13)15-4-3-5-19-6-8-20-9-7-19/h10H,3-9H2,1-2H3,(H3,14,15,16,17,18). The molecule has 8 heteroatoms. The number of nitrogen functional groups attached to an aromatic ring is 1. The van der Waals surface area contributed by atoms with Crippen molar-refractivity contribution in [1.82, 2.24) is 19.9 Å². The molecule has 0 amide bonds. The van der Waals surface area contributed by atoms with Gasteiger partial charge in [-0.25, -0.2) is 0 Å². The largest absolute Gasteiger partial charge is 0.461 e. The van der Waals surface area contributed by atoms with Gasteiger partial charge >= 0.3 is 6.01 Å². The zero-order valence-corrected chi connectivity index (χ0v) is 12.7. The van der Waals surface area contributed by atoms with E-state index in [4.69, 9.17) is 15.2 Å². The molecule has 0 atom stereocenters. The summed E-state index contributed by atoms with van der Waals surface area (Å²) in [5.41, 5.74) is 5.65. The number of hydrogen-bond donors (Lipinski definition) is 2. The lowest BCUT2D eigenvalue weighted by atomic mass is 10.3. The fourth-order valence-corrected chi connectivity index (χ4v) is 2.04. The second-order valence-electron chi connectivity index (χ2n) is 5.20. The molecule has 1 aliphatic heterocycles. The fourth-order valence-electron chi connectivity index (χ4n) is 2.04. The number of nitrogens with zero attached hydrogens (tertiary/aromatic N) is 4. The highest BCUT2D eigenvalue weighted by atomic mass is 16.5. The van der Waals surface area contributed by atoms with Crippen LogP contribution in [0.15, 0.2) is 0 Å². The molecule has 0 spiro atoms. The van der Waals surface area contributed by atoms with Crippen molar-refractivity contribution >= 4 is 11.9 Å². The van der Waals surface area contributed by atoms with E-state index < -0.39 is 0 Å². The third kappa shape index (κ3) is 5.68. The molecule has 1 saturated heterocycles. The van der Waals surface area contributed by atoms with Crippen LogP contribution in [0.25, 0.3) is 0 Å². The Kier molecular flexibility index (Phi) is 5.94. The van der Waals surface area contributed by atoms with Gasteiger partial charge in [-0.3, -0.25) is 4.90 Å². The summed E-state index contributed by atoms with van der Waals surface area (Å²) in [7, 11) is 0. The lowest BCUT2D eigenvalue weighted by Crippen LogP contribution is -2.37. The Morgan fingerprint density at radius 1 is 1.29 bits per heavy atom. The normalized spacial score (nSPS) is 16.1. The minimum absolute atomic E-state index is 0.000899. The number of anilines is 2. The summed E-state index contributed by atoms with van der Waals surface area (Å²) in [6.45, 7) is 9.30. The maximum Gasteiger partial charge on any atom is 0.323 e. The number of morpholine rings is 1. The first-order chi connectivity index (χ1) is 10.1. The van der Waals surface area contributed by atoms with Gasteiger partial charge in [0.25, 0.3) is 0 Å². The second kappa shape index (κ2) is 7.94. The molecule has 8 nitrogen and oxygen atoms in total. The molecular formula is C13H24N6O2. The minimum Gasteiger partial charge on any atom is -0.461 e. The van der Waals surface area contributed by atoms with Crippen molar-refractivity contribution in [2.75, 3.05) is 50.4 Å². The van der Waals surface area contributed by atoms with E-state index in [9.17, 15) is 0 Å². The van der Waals surface area contributed by atoms with Crippen molar-refractivity contribution in [2.24, 2.45) is 0 Å². The molecule has 0 unspecified atom stereocenters. The summed E-state index contributed by atoms with van der Waals surface area (Å²) in [6.07, 6.45) is 1.01. The van der Waals surface area contributed by atoms with E-state index in [2.05, 4.69) is 25.2 Å². The topological polar surface area (TPSA) is 98.4 Å². The van der Waals surface area contributed by atoms with Gasteiger partial charge in [-0.1, -0.05) is 0 Å². The lowest BCUT2D eigenvalue weighted by Gasteiger charge is -2.26. The van der Waals surface area contributed by atoms with Crippen LogP contribution in [0.5, 0.6) is 6.01 Å². The molecule has 1 aromatic rings. The van der Waals surface area contributed by atoms with Gasteiger partial charge in [0.2, 0.25) is 11.9 Å². The first-order valence-electron chi connectivity index (χ1n) is 7.35. The van der Waals surface area contributed by atoms with Gasteiger partial charge in [0.1, 0.15) is 0 Å². The van der Waals surface area contributed by atoms with Crippen LogP contribution in [0.1, 0.15) is 20.3 Å². The van der Waals surface area contributed by atoms with Crippen LogP contribution in [0, 0.1) is 0 Å². The third-order valence-electron chi connectivity index (χ3n) is 3.01. The first-order valence-corrected chi connectivity index (χ1v) is 7.35. The first kappa shape index (κ1) is 15.7. The summed E-state index contributed by atoms with van der Waals surface area (Å²) in [5.74, 6) is 0.622. The summed E-state index contributed by atoms with van der Waals surface area (Å²) in [5, 5.41) is 3.16. The van der Waals surface area contributed by atoms with Crippen molar-refractivity contribution in [3.63, 3.8) is 0 Å². The molecule has 0 saturated carbocycles. The van der Waals surface area contributed by atoms with Crippen molar-refractivity contribution in [1.29, 1.82) is 0 Å². The molecule has 118 valence electrons. The summed E-state index contributed by atoms with van der Waals surface area (Å²) >= 11 is 0. The smallest absolute Gasteiger partial charge is 0.323 e. The maximum absolute atomic E-state index is 5.65. The predicted octanol–water partition coefficient (Wildman–Crippen LogP) is 0.375. The van der Waals surface area contributed by atoms with Crippen LogP contribution in [0.2, 0.25) is 0 Å². The number of aromatic nitrogens is 3. The predicted molar refractivity (Wildman–Crippen MR) is 80.4 cm³/mol. The Hall–Kier alpha value is -1.67. The van der Waals surface area contributed by atoms with E-state index >= 15 is 0 Å². The highest BCUT2D eigenvalue weighted by molar-refractivity contribution is 5.32. The molecule has 21 heavy (non-hydrogen) atoms. The Morgan fingerprint density at radius 2 is 2.05 bits per heavy atom. The average Bonchev–Trinajstić information content (AvgIpc) is 2.43. The van der Waals surface area contributed by atoms with E-state index in [1.165, 1.54) is 0 Å². The quantitative estimate of drug-likeness (QED) is 0.697. The number of nitrogens with two attached hydrogens (primary N) is 1. The van der Waals surface area contributed by atoms with E-state index in [1.807, 2.05) is 13.8 Å². The minimum atomic E-state index is 0.000899. The molecule has 0 aliphatic carbocycles. The lowest BCUT2D eigenvalue weighted by molar-refractivity contribution is 0.0378. The Labute approximate surface area is 125 Å². The Bertz CT molecular complexity index is 437. The summed E-state index contributed by atoms with van der Waals surface area (Å²) in [6, 6.07) is 0.258. The van der Waals surface area contributed by atoms with Crippen LogP contribution in [0.4, 0.5) is 11.9 Å². The second-order valence-corrected chi connectivity index (χ2v) is 5.20. The van der Waals surface area contributed by atoms with Gasteiger partial charge in [-0.15, -0.1) is 0 Å². The van der Waals surface area contributed by atoms with Gasteiger partial charge in [-0.2, -0.15) is 15.0 Å². The van der Waals surface area contributed by atoms with Crippen molar-refractivity contribution in [3.8, 4) is 6.01 Å². The maximum atomic E-state index is 5.65. The van der Waals surface area contributed by atoms with E-state index in [1.54, 1.807) is 0 Å². The van der Waals surface area contributed by atoms with Crippen LogP contribution in [0.3, 0.4) is 0 Å². The molecule has 0 aromatic carbocycles. The molecule has 1 aromatic heterocycles. The highest BCUT2D eigenvalue weighted by Gasteiger charge is 2.10. The van der Waals surface area contributed by atoms with Gasteiger partial charge in [0.15, 0.2) is 0 Å². The van der Waals surface area contributed by atoms with Crippen molar-refractivity contribution in [2.45, 2.75) is 26.4 Å². The van der Waals surface area contributed by atoms with Crippen LogP contribution >= 0.6 is 0 Å². The molecular weight excluding hydrogens is 272 g/mol. The van der Waals surface area contributed by atoms with E-state index in [0.717, 1.165) is 45.8 Å². The van der Waals surface area contributed by atoms with E-state index in [-0.39, 0.29) is 18.1 Å². The molecule has 1 fully saturated rings. The Balaban J connectivity index is 1.75. The SMILES string of the molecule is CC(C)Oc1nc(N)nc(NCCCN2CCOCC2)n1. The van der Waals surface area contributed by atoms with E-state index in [0.29, 0.717) is 5.95 Å². The number of rotatable bonds is 7. The summed E-state index contributed by atoms with van der Waals surface area (Å²) < 4.78 is 10.8. The molecule has 2 heterocycles. The van der Waals surface area contributed by atoms with Crippen LogP contribution in [-0.4, -0.2) is 65.3 Å². The van der Waals surface area contributed by atoms with Crippen LogP contribution in [-0.2, 0) is 4.74 Å². The average molecular weight is 296 g/mol. The van der Waals surface area contributed by atoms with Gasteiger partial charge < -0.3 is 20.5 Å². The number of nitrogens with one attached hydrogen (secondary N) is 1. The van der Waals surface area contributed by atoms with Gasteiger partial charge in [0, 0.05) is 19.6 Å². The fraction of sp³-hybridized carbons (Fsp3) is 0.769. The molecule has 2 rings (SSSR count). The molecule has 0 radical (unpaired) electrons. The molecule has 1 aliphatic rings. The zero-order chi connectivity index (χ0) is 15.1. The van der Waals surface area contributed by atoms with Gasteiger partial charge in [-0.05, 0) is 26.8 Å². The monoisotopic (exact) mass is 296 g/mol. The van der Waals surface area contributed by atoms with Crippen LogP contribution < -0.4 is 15.8 Å². The molecule has 0 bridgehead atoms. The zero-order valence-electron chi connectivity index (χ0n) is 12.7. The van der Waals surface area contributed by atoms with Gasteiger partial charge in [0.05, 0.1) is 19.3 Å².